The number of Topliss-reactive ketones (excluding diaryl/α,β-unsaturated/α-hetero) is 1. The second-order valence-electron chi connectivity index (χ2n) is 6.71. The quantitative estimate of drug-likeness (QED) is 0.503. The Kier molecular flexibility index (Phi) is 7.98. The van der Waals surface area contributed by atoms with E-state index in [0.29, 0.717) is 31.6 Å². The molecule has 2 rings (SSSR count). The van der Waals surface area contributed by atoms with Crippen LogP contribution >= 0.6 is 0 Å². The Morgan fingerprint density at radius 2 is 1.74 bits per heavy atom. The highest BCUT2D eigenvalue weighted by molar-refractivity contribution is 5.96. The van der Waals surface area contributed by atoms with Crippen molar-refractivity contribution in [2.45, 2.75) is 45.1 Å². The monoisotopic (exact) mass is 373 g/mol. The normalized spacial score (nSPS) is 16.0. The zero-order valence-electron chi connectivity index (χ0n) is 15.7. The zero-order valence-corrected chi connectivity index (χ0v) is 15.7. The number of benzene rings is 1. The summed E-state index contributed by atoms with van der Waals surface area (Å²) < 4.78 is 0. The number of hydrogen-bond acceptors (Lipinski definition) is 4. The molecule has 1 aliphatic rings. The summed E-state index contributed by atoms with van der Waals surface area (Å²) in [6, 6.07) is 9.01. The second-order valence-corrected chi connectivity index (χ2v) is 6.71. The molecule has 0 aromatic heterocycles. The fourth-order valence-corrected chi connectivity index (χ4v) is 3.23. The van der Waals surface area contributed by atoms with Crippen molar-refractivity contribution in [3.05, 3.63) is 35.9 Å². The third-order valence-electron chi connectivity index (χ3n) is 4.60. The van der Waals surface area contributed by atoms with E-state index >= 15 is 0 Å². The number of rotatable bonds is 9. The maximum atomic E-state index is 12.5. The third kappa shape index (κ3) is 6.84. The van der Waals surface area contributed by atoms with Crippen molar-refractivity contribution < 1.29 is 19.2 Å². The molecule has 1 unspecified atom stereocenters. The Bertz CT molecular complexity index is 675. The summed E-state index contributed by atoms with van der Waals surface area (Å²) in [6.45, 7) is 2.75. The lowest BCUT2D eigenvalue weighted by molar-refractivity contribution is -0.134. The van der Waals surface area contributed by atoms with Crippen molar-refractivity contribution in [2.24, 2.45) is 0 Å². The molecule has 0 aliphatic carbocycles. The van der Waals surface area contributed by atoms with Crippen LogP contribution in [0.25, 0.3) is 0 Å². The highest BCUT2D eigenvalue weighted by Gasteiger charge is 2.30. The summed E-state index contributed by atoms with van der Waals surface area (Å²) in [5.41, 5.74) is 0.662. The van der Waals surface area contributed by atoms with Crippen LogP contribution in [0.3, 0.4) is 0 Å². The minimum Gasteiger partial charge on any atom is -0.355 e. The van der Waals surface area contributed by atoms with E-state index in [1.54, 1.807) is 17.0 Å². The molecule has 7 heteroatoms. The van der Waals surface area contributed by atoms with E-state index in [2.05, 4.69) is 10.6 Å². The molecule has 1 aliphatic heterocycles. The lowest BCUT2D eigenvalue weighted by atomic mass is 10.0. The van der Waals surface area contributed by atoms with Gasteiger partial charge in [-0.05, 0) is 12.8 Å². The molecule has 1 fully saturated rings. The number of likely N-dealkylation sites (tertiary alicyclic amines) is 1. The van der Waals surface area contributed by atoms with Crippen LogP contribution in [0, 0.1) is 0 Å². The topological polar surface area (TPSA) is 95.6 Å². The Morgan fingerprint density at radius 3 is 2.44 bits per heavy atom. The minimum absolute atomic E-state index is 0.0380. The van der Waals surface area contributed by atoms with Crippen molar-refractivity contribution in [1.82, 2.24) is 15.5 Å². The van der Waals surface area contributed by atoms with E-state index in [-0.39, 0.29) is 42.4 Å². The van der Waals surface area contributed by atoms with E-state index in [1.807, 2.05) is 18.2 Å². The maximum absolute atomic E-state index is 12.5. The standard InChI is InChI=1S/C20H27N3O4/c1-15(24)21-11-12-22-19(26)9-10-20(27)23-13-5-8-17(23)14-18(25)16-6-3-2-4-7-16/h2-4,6-7,17H,5,8-14H2,1H3,(H,21,24)(H,22,26). The molecular formula is C20H27N3O4. The van der Waals surface area contributed by atoms with Gasteiger partial charge in [0.2, 0.25) is 17.7 Å². The number of nitrogens with zero attached hydrogens (tertiary/aromatic N) is 1. The zero-order chi connectivity index (χ0) is 19.6. The molecule has 1 aromatic rings. The maximum Gasteiger partial charge on any atom is 0.223 e. The van der Waals surface area contributed by atoms with Crippen LogP contribution < -0.4 is 10.6 Å². The summed E-state index contributed by atoms with van der Waals surface area (Å²) in [6.07, 6.45) is 2.24. The second kappa shape index (κ2) is 10.4. The van der Waals surface area contributed by atoms with E-state index in [9.17, 15) is 19.2 Å². The van der Waals surface area contributed by atoms with Crippen molar-refractivity contribution in [2.75, 3.05) is 19.6 Å². The van der Waals surface area contributed by atoms with Gasteiger partial charge in [0, 0.05) is 57.4 Å². The van der Waals surface area contributed by atoms with Crippen LogP contribution in [-0.4, -0.2) is 54.1 Å². The molecule has 0 saturated carbocycles. The van der Waals surface area contributed by atoms with Gasteiger partial charge in [0.25, 0.3) is 0 Å². The highest BCUT2D eigenvalue weighted by atomic mass is 16.2. The number of carbonyl (C=O) groups is 4. The number of amides is 3. The van der Waals surface area contributed by atoms with Crippen LogP contribution in [-0.2, 0) is 14.4 Å². The van der Waals surface area contributed by atoms with E-state index < -0.39 is 0 Å². The van der Waals surface area contributed by atoms with Gasteiger partial charge in [-0.2, -0.15) is 0 Å². The predicted molar refractivity (Wildman–Crippen MR) is 101 cm³/mol. The van der Waals surface area contributed by atoms with Crippen molar-refractivity contribution in [1.29, 1.82) is 0 Å². The van der Waals surface area contributed by atoms with Gasteiger partial charge in [0.05, 0.1) is 0 Å². The molecule has 0 spiro atoms. The predicted octanol–water partition coefficient (Wildman–Crippen LogP) is 1.28. The van der Waals surface area contributed by atoms with E-state index in [0.717, 1.165) is 12.8 Å². The van der Waals surface area contributed by atoms with Crippen molar-refractivity contribution >= 4 is 23.5 Å². The summed E-state index contributed by atoms with van der Waals surface area (Å²) in [5, 5.41) is 5.26. The van der Waals surface area contributed by atoms with Crippen LogP contribution in [0.4, 0.5) is 0 Å². The van der Waals surface area contributed by atoms with Crippen LogP contribution in [0.5, 0.6) is 0 Å². The summed E-state index contributed by atoms with van der Waals surface area (Å²) >= 11 is 0. The van der Waals surface area contributed by atoms with Gasteiger partial charge < -0.3 is 15.5 Å². The number of carbonyl (C=O) groups excluding carboxylic acids is 4. The van der Waals surface area contributed by atoms with Gasteiger partial charge >= 0.3 is 0 Å². The van der Waals surface area contributed by atoms with Crippen molar-refractivity contribution in [3.8, 4) is 0 Å². The van der Waals surface area contributed by atoms with Crippen LogP contribution in [0.15, 0.2) is 30.3 Å². The molecule has 1 aromatic carbocycles. The van der Waals surface area contributed by atoms with Gasteiger partial charge in [0.1, 0.15) is 0 Å². The van der Waals surface area contributed by atoms with E-state index in [1.165, 1.54) is 6.92 Å². The van der Waals surface area contributed by atoms with Gasteiger partial charge in [-0.1, -0.05) is 30.3 Å². The Labute approximate surface area is 159 Å². The summed E-state index contributed by atoms with van der Waals surface area (Å²) in [4.78, 5) is 49.2. The summed E-state index contributed by atoms with van der Waals surface area (Å²) in [7, 11) is 0. The fraction of sp³-hybridized carbons (Fsp3) is 0.500. The lowest BCUT2D eigenvalue weighted by Crippen LogP contribution is -2.38. The van der Waals surface area contributed by atoms with Crippen LogP contribution in [0.1, 0.15) is 49.4 Å². The molecule has 1 saturated heterocycles. The average Bonchev–Trinajstić information content (AvgIpc) is 3.12. The first-order valence-corrected chi connectivity index (χ1v) is 9.36. The lowest BCUT2D eigenvalue weighted by Gasteiger charge is -2.24. The fourth-order valence-electron chi connectivity index (χ4n) is 3.23. The molecule has 1 atom stereocenters. The molecule has 3 amide bonds. The number of ketones is 1. The smallest absolute Gasteiger partial charge is 0.223 e. The van der Waals surface area contributed by atoms with Gasteiger partial charge in [-0.15, -0.1) is 0 Å². The number of hydrogen-bond donors (Lipinski definition) is 2. The minimum atomic E-state index is -0.218. The first-order chi connectivity index (χ1) is 13.0. The molecule has 2 N–H and O–H groups in total. The average molecular weight is 373 g/mol. The molecule has 27 heavy (non-hydrogen) atoms. The summed E-state index contributed by atoms with van der Waals surface area (Å²) in [5.74, 6) is -0.416. The number of nitrogens with one attached hydrogen (secondary N) is 2. The van der Waals surface area contributed by atoms with Gasteiger partial charge in [-0.25, -0.2) is 0 Å². The Morgan fingerprint density at radius 1 is 1.04 bits per heavy atom. The molecule has 0 bridgehead atoms. The van der Waals surface area contributed by atoms with Gasteiger partial charge in [-0.3, -0.25) is 19.2 Å². The van der Waals surface area contributed by atoms with Gasteiger partial charge in [0.15, 0.2) is 5.78 Å². The molecule has 1 heterocycles. The molecular weight excluding hydrogens is 346 g/mol. The molecule has 0 radical (unpaired) electrons. The van der Waals surface area contributed by atoms with Crippen molar-refractivity contribution in [3.63, 3.8) is 0 Å². The highest BCUT2D eigenvalue weighted by Crippen LogP contribution is 2.23. The largest absolute Gasteiger partial charge is 0.355 e. The first kappa shape index (κ1) is 20.6. The third-order valence-corrected chi connectivity index (χ3v) is 4.60. The van der Waals surface area contributed by atoms with E-state index in [4.69, 9.17) is 0 Å². The SMILES string of the molecule is CC(=O)NCCNC(=O)CCC(=O)N1CCCC1CC(=O)c1ccccc1. The first-order valence-electron chi connectivity index (χ1n) is 9.36. The molecule has 7 nitrogen and oxygen atoms in total. The Balaban J connectivity index is 1.75. The van der Waals surface area contributed by atoms with Crippen LogP contribution in [0.2, 0.25) is 0 Å². The Hall–Kier alpha value is -2.70. The molecule has 146 valence electrons.